The highest BCUT2D eigenvalue weighted by molar-refractivity contribution is 6.06. The predicted octanol–water partition coefficient (Wildman–Crippen LogP) is 3.49. The van der Waals surface area contributed by atoms with Crippen LogP contribution in [0.4, 0.5) is 5.69 Å². The lowest BCUT2D eigenvalue weighted by molar-refractivity contribution is 0.0673. The van der Waals surface area contributed by atoms with Crippen LogP contribution < -0.4 is 10.1 Å². The van der Waals surface area contributed by atoms with Gasteiger partial charge in [0.1, 0.15) is 12.4 Å². The summed E-state index contributed by atoms with van der Waals surface area (Å²) in [6, 6.07) is 15.2. The van der Waals surface area contributed by atoms with E-state index in [-0.39, 0.29) is 12.0 Å². The van der Waals surface area contributed by atoms with Crippen LogP contribution in [0.5, 0.6) is 5.75 Å². The molecule has 2 fully saturated rings. The number of tetrazole rings is 1. The van der Waals surface area contributed by atoms with Gasteiger partial charge in [-0.2, -0.15) is 0 Å². The number of benzene rings is 2. The molecule has 1 amide bonds. The molecule has 1 saturated heterocycles. The van der Waals surface area contributed by atoms with Crippen LogP contribution in [-0.2, 0) is 4.74 Å². The molecule has 2 aromatic carbocycles. The largest absolute Gasteiger partial charge is 0.490 e. The van der Waals surface area contributed by atoms with Crippen LogP contribution in [0, 0.1) is 0 Å². The van der Waals surface area contributed by atoms with Crippen LogP contribution in [0.2, 0.25) is 0 Å². The third kappa shape index (κ3) is 4.04. The topological polar surface area (TPSA) is 91.2 Å². The summed E-state index contributed by atoms with van der Waals surface area (Å²) >= 11 is 0. The SMILES string of the molecule is O=C(Nc1cccc(-c2nnnn2C2CC2)c1)c1ccccc1OC[C@@H]1CCCO1. The van der Waals surface area contributed by atoms with Gasteiger partial charge in [-0.15, -0.1) is 5.10 Å². The molecule has 154 valence electrons. The van der Waals surface area contributed by atoms with E-state index in [0.29, 0.717) is 35.5 Å². The Balaban J connectivity index is 1.31. The molecule has 1 atom stereocenters. The number of aromatic nitrogens is 4. The molecule has 0 unspecified atom stereocenters. The number of carbonyl (C=O) groups is 1. The van der Waals surface area contributed by atoms with Crippen LogP contribution >= 0.6 is 0 Å². The fourth-order valence-corrected chi connectivity index (χ4v) is 3.62. The lowest BCUT2D eigenvalue weighted by Gasteiger charge is -2.14. The number of anilines is 1. The quantitative estimate of drug-likeness (QED) is 0.647. The molecule has 1 aromatic heterocycles. The van der Waals surface area contributed by atoms with Crippen LogP contribution in [0.1, 0.15) is 42.1 Å². The third-order valence-corrected chi connectivity index (χ3v) is 5.34. The molecule has 8 heteroatoms. The highest BCUT2D eigenvalue weighted by Crippen LogP contribution is 2.36. The summed E-state index contributed by atoms with van der Waals surface area (Å²) in [5, 5.41) is 15.0. The molecule has 8 nitrogen and oxygen atoms in total. The normalized spacial score (nSPS) is 18.3. The number of rotatable bonds is 7. The first-order chi connectivity index (χ1) is 14.8. The maximum Gasteiger partial charge on any atom is 0.259 e. The second-order valence-electron chi connectivity index (χ2n) is 7.66. The van der Waals surface area contributed by atoms with Crippen molar-refractivity contribution in [3.05, 3.63) is 54.1 Å². The van der Waals surface area contributed by atoms with Gasteiger partial charge in [0, 0.05) is 17.9 Å². The Hall–Kier alpha value is -3.26. The minimum Gasteiger partial charge on any atom is -0.490 e. The first kappa shape index (κ1) is 18.7. The molecule has 1 N–H and O–H groups in total. The number of nitrogens with zero attached hydrogens (tertiary/aromatic N) is 4. The van der Waals surface area contributed by atoms with E-state index in [9.17, 15) is 4.79 Å². The van der Waals surface area contributed by atoms with E-state index >= 15 is 0 Å². The molecular formula is C22H23N5O3. The summed E-state index contributed by atoms with van der Waals surface area (Å²) in [7, 11) is 0. The molecule has 30 heavy (non-hydrogen) atoms. The van der Waals surface area contributed by atoms with E-state index < -0.39 is 0 Å². The van der Waals surface area contributed by atoms with E-state index in [1.165, 1.54) is 0 Å². The lowest BCUT2D eigenvalue weighted by atomic mass is 10.1. The summed E-state index contributed by atoms with van der Waals surface area (Å²) in [6.07, 6.45) is 4.32. The zero-order chi connectivity index (χ0) is 20.3. The number of nitrogens with one attached hydrogen (secondary N) is 1. The molecule has 3 aromatic rings. The molecule has 5 rings (SSSR count). The monoisotopic (exact) mass is 405 g/mol. The number of hydrogen-bond acceptors (Lipinski definition) is 6. The van der Waals surface area contributed by atoms with Crippen molar-refractivity contribution in [2.45, 2.75) is 37.8 Å². The zero-order valence-corrected chi connectivity index (χ0v) is 16.5. The number of hydrogen-bond donors (Lipinski definition) is 1. The van der Waals surface area contributed by atoms with Crippen molar-refractivity contribution >= 4 is 11.6 Å². The standard InChI is InChI=1S/C22H23N5O3/c28-22(19-8-1-2-9-20(19)30-14-18-7-4-12-29-18)23-16-6-3-5-15(13-16)21-24-25-26-27(21)17-10-11-17/h1-3,5-6,8-9,13,17-18H,4,7,10-12,14H2,(H,23,28)/t18-/m0/s1. The van der Waals surface area contributed by atoms with Crippen LogP contribution in [0.3, 0.4) is 0 Å². The molecule has 2 heterocycles. The Morgan fingerprint density at radius 1 is 1.17 bits per heavy atom. The Bertz CT molecular complexity index is 1040. The van der Waals surface area contributed by atoms with E-state index in [4.69, 9.17) is 9.47 Å². The average Bonchev–Trinajstić information content (AvgIpc) is 3.26. The molecule has 0 radical (unpaired) electrons. The lowest BCUT2D eigenvalue weighted by Crippen LogP contribution is -2.19. The van der Waals surface area contributed by atoms with Crippen molar-refractivity contribution < 1.29 is 14.3 Å². The van der Waals surface area contributed by atoms with Gasteiger partial charge < -0.3 is 14.8 Å². The summed E-state index contributed by atoms with van der Waals surface area (Å²) in [5.41, 5.74) is 2.04. The summed E-state index contributed by atoms with van der Waals surface area (Å²) < 4.78 is 13.4. The smallest absolute Gasteiger partial charge is 0.259 e. The van der Waals surface area contributed by atoms with Crippen molar-refractivity contribution in [3.63, 3.8) is 0 Å². The van der Waals surface area contributed by atoms with Crippen LogP contribution in [0.15, 0.2) is 48.5 Å². The fourth-order valence-electron chi connectivity index (χ4n) is 3.62. The number of amides is 1. The van der Waals surface area contributed by atoms with E-state index in [1.54, 1.807) is 6.07 Å². The fraction of sp³-hybridized carbons (Fsp3) is 0.364. The number of carbonyl (C=O) groups excluding carboxylic acids is 1. The number of ether oxygens (including phenoxy) is 2. The molecular weight excluding hydrogens is 382 g/mol. The minimum absolute atomic E-state index is 0.0928. The second kappa shape index (κ2) is 8.23. The maximum absolute atomic E-state index is 12.9. The highest BCUT2D eigenvalue weighted by Gasteiger charge is 2.28. The summed E-state index contributed by atoms with van der Waals surface area (Å²) in [5.74, 6) is 1.05. The predicted molar refractivity (Wildman–Crippen MR) is 110 cm³/mol. The summed E-state index contributed by atoms with van der Waals surface area (Å²) in [4.78, 5) is 12.9. The molecule has 2 aliphatic rings. The third-order valence-electron chi connectivity index (χ3n) is 5.34. The Kier molecular flexibility index (Phi) is 5.15. The first-order valence-corrected chi connectivity index (χ1v) is 10.3. The van der Waals surface area contributed by atoms with Gasteiger partial charge in [0.25, 0.3) is 5.91 Å². The Morgan fingerprint density at radius 3 is 2.90 bits per heavy atom. The van der Waals surface area contributed by atoms with Gasteiger partial charge in [-0.25, -0.2) is 4.68 Å². The maximum atomic E-state index is 12.9. The van der Waals surface area contributed by atoms with Gasteiger partial charge in [-0.3, -0.25) is 4.79 Å². The zero-order valence-electron chi connectivity index (χ0n) is 16.5. The molecule has 0 bridgehead atoms. The van der Waals surface area contributed by atoms with Crippen LogP contribution in [-0.4, -0.2) is 45.4 Å². The second-order valence-corrected chi connectivity index (χ2v) is 7.66. The van der Waals surface area contributed by atoms with Crippen molar-refractivity contribution in [2.24, 2.45) is 0 Å². The van der Waals surface area contributed by atoms with Gasteiger partial charge in [-0.1, -0.05) is 24.3 Å². The molecule has 0 spiro atoms. The molecule has 1 aliphatic carbocycles. The minimum atomic E-state index is -0.225. The highest BCUT2D eigenvalue weighted by atomic mass is 16.5. The number of para-hydroxylation sites is 1. The molecule has 1 aliphatic heterocycles. The van der Waals surface area contributed by atoms with Crippen molar-refractivity contribution in [2.75, 3.05) is 18.5 Å². The molecule has 1 saturated carbocycles. The van der Waals surface area contributed by atoms with Gasteiger partial charge in [0.2, 0.25) is 0 Å². The van der Waals surface area contributed by atoms with E-state index in [1.807, 2.05) is 47.1 Å². The van der Waals surface area contributed by atoms with Gasteiger partial charge in [0.05, 0.1) is 17.7 Å². The Labute approximate surface area is 174 Å². The van der Waals surface area contributed by atoms with E-state index in [2.05, 4.69) is 20.8 Å². The first-order valence-electron chi connectivity index (χ1n) is 10.3. The summed E-state index contributed by atoms with van der Waals surface area (Å²) in [6.45, 7) is 1.22. The Morgan fingerprint density at radius 2 is 2.07 bits per heavy atom. The van der Waals surface area contributed by atoms with Gasteiger partial charge in [0.15, 0.2) is 5.82 Å². The van der Waals surface area contributed by atoms with Gasteiger partial charge >= 0.3 is 0 Å². The van der Waals surface area contributed by atoms with Crippen LogP contribution in [0.25, 0.3) is 11.4 Å². The van der Waals surface area contributed by atoms with Gasteiger partial charge in [-0.05, 0) is 60.4 Å². The average molecular weight is 405 g/mol. The van der Waals surface area contributed by atoms with Crippen molar-refractivity contribution in [3.8, 4) is 17.1 Å². The van der Waals surface area contributed by atoms with Crippen molar-refractivity contribution in [1.82, 2.24) is 20.2 Å². The van der Waals surface area contributed by atoms with Crippen molar-refractivity contribution in [1.29, 1.82) is 0 Å². The van der Waals surface area contributed by atoms with E-state index in [0.717, 1.165) is 37.9 Å².